The molecule has 1 heterocycles. The van der Waals surface area contributed by atoms with E-state index in [1.54, 1.807) is 10.9 Å². The Labute approximate surface area is 95.0 Å². The van der Waals surface area contributed by atoms with Gasteiger partial charge in [-0.15, -0.1) is 5.10 Å². The van der Waals surface area contributed by atoms with Crippen LogP contribution in [0.5, 0.6) is 0 Å². The molecule has 0 atom stereocenters. The maximum absolute atomic E-state index is 10.3. The van der Waals surface area contributed by atoms with Crippen molar-refractivity contribution in [3.05, 3.63) is 40.6 Å². The van der Waals surface area contributed by atoms with Crippen LogP contribution in [0.15, 0.2) is 34.9 Å². The summed E-state index contributed by atoms with van der Waals surface area (Å²) >= 11 is 3.38. The van der Waals surface area contributed by atoms with Gasteiger partial charge < -0.3 is 4.79 Å². The normalized spacial score (nSPS) is 10.2. The standard InChI is InChI=1S/C10H8BrN3O/c11-8-2-1-3-10(6-8)14-7-9(4-5-15)12-13-14/h1-3,5-7H,4H2. The number of halogens is 1. The summed E-state index contributed by atoms with van der Waals surface area (Å²) in [5.74, 6) is 0. The molecule has 1 aromatic heterocycles. The molecular formula is C10H8BrN3O. The molecule has 0 unspecified atom stereocenters. The summed E-state index contributed by atoms with van der Waals surface area (Å²) in [7, 11) is 0. The number of nitrogens with zero attached hydrogens (tertiary/aromatic N) is 3. The fourth-order valence-corrected chi connectivity index (χ4v) is 1.61. The van der Waals surface area contributed by atoms with Gasteiger partial charge in [0.25, 0.3) is 0 Å². The van der Waals surface area contributed by atoms with Gasteiger partial charge in [0.15, 0.2) is 0 Å². The van der Waals surface area contributed by atoms with Crippen LogP contribution < -0.4 is 0 Å². The average Bonchev–Trinajstić information content (AvgIpc) is 2.67. The van der Waals surface area contributed by atoms with Crippen molar-refractivity contribution in [2.45, 2.75) is 6.42 Å². The Morgan fingerprint density at radius 2 is 2.33 bits per heavy atom. The lowest BCUT2D eigenvalue weighted by atomic mass is 10.3. The Hall–Kier alpha value is -1.49. The predicted molar refractivity (Wildman–Crippen MR) is 58.8 cm³/mol. The van der Waals surface area contributed by atoms with Gasteiger partial charge in [-0.25, -0.2) is 4.68 Å². The van der Waals surface area contributed by atoms with E-state index in [9.17, 15) is 4.79 Å². The number of benzene rings is 1. The third-order valence-electron chi connectivity index (χ3n) is 1.91. The number of carbonyl (C=O) groups excluding carboxylic acids is 1. The maximum Gasteiger partial charge on any atom is 0.126 e. The zero-order valence-electron chi connectivity index (χ0n) is 7.80. The third kappa shape index (κ3) is 2.30. The van der Waals surface area contributed by atoms with Crippen LogP contribution in [0.25, 0.3) is 5.69 Å². The van der Waals surface area contributed by atoms with Crippen LogP contribution in [0.4, 0.5) is 0 Å². The molecular weight excluding hydrogens is 258 g/mol. The van der Waals surface area contributed by atoms with Gasteiger partial charge in [0.05, 0.1) is 17.6 Å². The second-order valence-electron chi connectivity index (χ2n) is 3.01. The number of hydrogen-bond acceptors (Lipinski definition) is 3. The average molecular weight is 266 g/mol. The SMILES string of the molecule is O=CCc1cn(-c2cccc(Br)c2)nn1. The maximum atomic E-state index is 10.3. The number of aldehydes is 1. The van der Waals surface area contributed by atoms with Crippen LogP contribution >= 0.6 is 15.9 Å². The van der Waals surface area contributed by atoms with Crippen molar-refractivity contribution in [3.63, 3.8) is 0 Å². The predicted octanol–water partition coefficient (Wildman–Crippen LogP) is 1.77. The molecule has 5 heteroatoms. The summed E-state index contributed by atoms with van der Waals surface area (Å²) in [5.41, 5.74) is 1.58. The van der Waals surface area contributed by atoms with Crippen molar-refractivity contribution in [3.8, 4) is 5.69 Å². The van der Waals surface area contributed by atoms with Crippen molar-refractivity contribution in [2.75, 3.05) is 0 Å². The third-order valence-corrected chi connectivity index (χ3v) is 2.40. The van der Waals surface area contributed by atoms with Gasteiger partial charge in [-0.05, 0) is 18.2 Å². The van der Waals surface area contributed by atoms with Gasteiger partial charge in [-0.2, -0.15) is 0 Å². The number of rotatable bonds is 3. The van der Waals surface area contributed by atoms with Crippen LogP contribution in [-0.4, -0.2) is 21.3 Å². The van der Waals surface area contributed by atoms with E-state index in [0.29, 0.717) is 12.1 Å². The molecule has 0 bridgehead atoms. The monoisotopic (exact) mass is 265 g/mol. The Morgan fingerprint density at radius 1 is 1.47 bits per heavy atom. The van der Waals surface area contributed by atoms with Crippen molar-refractivity contribution >= 4 is 22.2 Å². The van der Waals surface area contributed by atoms with Gasteiger partial charge >= 0.3 is 0 Å². The summed E-state index contributed by atoms with van der Waals surface area (Å²) < 4.78 is 2.62. The molecule has 0 radical (unpaired) electrons. The van der Waals surface area contributed by atoms with Crippen LogP contribution in [0.2, 0.25) is 0 Å². The minimum absolute atomic E-state index is 0.300. The summed E-state index contributed by atoms with van der Waals surface area (Å²) in [4.78, 5) is 10.3. The minimum atomic E-state index is 0.300. The van der Waals surface area contributed by atoms with Crippen LogP contribution in [0, 0.1) is 0 Å². The van der Waals surface area contributed by atoms with Crippen molar-refractivity contribution in [1.29, 1.82) is 0 Å². The highest BCUT2D eigenvalue weighted by Crippen LogP contribution is 2.14. The molecule has 0 N–H and O–H groups in total. The molecule has 76 valence electrons. The van der Waals surface area contributed by atoms with Gasteiger partial charge in [0, 0.05) is 10.9 Å². The molecule has 0 amide bonds. The highest BCUT2D eigenvalue weighted by Gasteiger charge is 2.02. The smallest absolute Gasteiger partial charge is 0.126 e. The fourth-order valence-electron chi connectivity index (χ4n) is 1.22. The summed E-state index contributed by atoms with van der Waals surface area (Å²) in [5, 5.41) is 7.81. The Kier molecular flexibility index (Phi) is 2.91. The Balaban J connectivity index is 2.32. The quantitative estimate of drug-likeness (QED) is 0.795. The van der Waals surface area contributed by atoms with E-state index >= 15 is 0 Å². The molecule has 1 aromatic carbocycles. The molecule has 0 fully saturated rings. The second-order valence-corrected chi connectivity index (χ2v) is 3.92. The van der Waals surface area contributed by atoms with Crippen molar-refractivity contribution < 1.29 is 4.79 Å². The first kappa shape index (κ1) is 10.0. The van der Waals surface area contributed by atoms with E-state index in [1.807, 2.05) is 24.3 Å². The van der Waals surface area contributed by atoms with Gasteiger partial charge in [-0.3, -0.25) is 0 Å². The van der Waals surface area contributed by atoms with Crippen LogP contribution in [0.1, 0.15) is 5.69 Å². The molecule has 2 rings (SSSR count). The van der Waals surface area contributed by atoms with Crippen LogP contribution in [0.3, 0.4) is 0 Å². The lowest BCUT2D eigenvalue weighted by Crippen LogP contribution is -1.94. The molecule has 0 aliphatic rings. The van der Waals surface area contributed by atoms with Crippen molar-refractivity contribution in [1.82, 2.24) is 15.0 Å². The van der Waals surface area contributed by atoms with Gasteiger partial charge in [0.2, 0.25) is 0 Å². The van der Waals surface area contributed by atoms with Crippen LogP contribution in [-0.2, 0) is 11.2 Å². The first-order chi connectivity index (χ1) is 7.29. The fraction of sp³-hybridized carbons (Fsp3) is 0.100. The largest absolute Gasteiger partial charge is 0.303 e. The van der Waals surface area contributed by atoms with E-state index in [1.165, 1.54) is 0 Å². The molecule has 0 aliphatic heterocycles. The Bertz CT molecular complexity index is 481. The zero-order valence-corrected chi connectivity index (χ0v) is 9.39. The molecule has 0 spiro atoms. The van der Waals surface area contributed by atoms with E-state index in [4.69, 9.17) is 0 Å². The highest BCUT2D eigenvalue weighted by molar-refractivity contribution is 9.10. The zero-order chi connectivity index (χ0) is 10.7. The summed E-state index contributed by atoms with van der Waals surface area (Å²) in [6.07, 6.45) is 2.86. The van der Waals surface area contributed by atoms with Gasteiger partial charge in [0.1, 0.15) is 6.29 Å². The Morgan fingerprint density at radius 3 is 3.07 bits per heavy atom. The van der Waals surface area contributed by atoms with Gasteiger partial charge in [-0.1, -0.05) is 27.2 Å². The van der Waals surface area contributed by atoms with Crippen molar-refractivity contribution in [2.24, 2.45) is 0 Å². The first-order valence-electron chi connectivity index (χ1n) is 4.40. The van der Waals surface area contributed by atoms with E-state index in [0.717, 1.165) is 16.4 Å². The number of carbonyl (C=O) groups is 1. The van der Waals surface area contributed by atoms with E-state index in [2.05, 4.69) is 26.2 Å². The number of aromatic nitrogens is 3. The highest BCUT2D eigenvalue weighted by atomic mass is 79.9. The molecule has 0 aliphatic carbocycles. The molecule has 15 heavy (non-hydrogen) atoms. The summed E-state index contributed by atoms with van der Waals surface area (Å²) in [6.45, 7) is 0. The summed E-state index contributed by atoms with van der Waals surface area (Å²) in [6, 6.07) is 7.71. The van der Waals surface area contributed by atoms with E-state index < -0.39 is 0 Å². The minimum Gasteiger partial charge on any atom is -0.303 e. The molecule has 0 saturated carbocycles. The molecule has 0 saturated heterocycles. The topological polar surface area (TPSA) is 47.8 Å². The number of hydrogen-bond donors (Lipinski definition) is 0. The second kappa shape index (κ2) is 4.35. The molecule has 2 aromatic rings. The lowest BCUT2D eigenvalue weighted by molar-refractivity contribution is -0.107. The molecule has 4 nitrogen and oxygen atoms in total. The van der Waals surface area contributed by atoms with E-state index in [-0.39, 0.29) is 0 Å². The first-order valence-corrected chi connectivity index (χ1v) is 5.19. The lowest BCUT2D eigenvalue weighted by Gasteiger charge is -1.99.